The number of nitrogens with zero attached hydrogens (tertiary/aromatic N) is 5. The van der Waals surface area contributed by atoms with Crippen molar-refractivity contribution in [3.8, 4) is 11.4 Å². The Morgan fingerprint density at radius 2 is 2.19 bits per heavy atom. The van der Waals surface area contributed by atoms with E-state index in [1.54, 1.807) is 12.3 Å². The van der Waals surface area contributed by atoms with E-state index >= 15 is 0 Å². The van der Waals surface area contributed by atoms with E-state index in [1.807, 2.05) is 11.6 Å². The molecule has 0 saturated carbocycles. The first-order valence-electron chi connectivity index (χ1n) is 5.10. The van der Waals surface area contributed by atoms with Gasteiger partial charge in [0.1, 0.15) is 16.7 Å². The van der Waals surface area contributed by atoms with Crippen LogP contribution < -0.4 is 0 Å². The van der Waals surface area contributed by atoms with Crippen LogP contribution in [0.4, 0.5) is 0 Å². The number of rotatable bonds is 3. The van der Waals surface area contributed by atoms with Crippen molar-refractivity contribution in [2.45, 2.75) is 26.8 Å². The van der Waals surface area contributed by atoms with Crippen LogP contribution >= 0.6 is 11.6 Å². The molecule has 0 fully saturated rings. The molecule has 0 unspecified atom stereocenters. The van der Waals surface area contributed by atoms with E-state index in [2.05, 4.69) is 27.2 Å². The van der Waals surface area contributed by atoms with Crippen molar-refractivity contribution < 1.29 is 0 Å². The summed E-state index contributed by atoms with van der Waals surface area (Å²) in [6.45, 7) is 4.71. The van der Waals surface area contributed by atoms with Crippen molar-refractivity contribution >= 4 is 11.6 Å². The fourth-order valence-electron chi connectivity index (χ4n) is 1.50. The highest BCUT2D eigenvalue weighted by molar-refractivity contribution is 6.29. The quantitative estimate of drug-likeness (QED) is 0.768. The number of hydrogen-bond acceptors (Lipinski definition) is 4. The minimum absolute atomic E-state index is 0.437. The van der Waals surface area contributed by atoms with Gasteiger partial charge in [0.2, 0.25) is 0 Å². The first-order valence-corrected chi connectivity index (χ1v) is 5.48. The number of aryl methyl sites for hydroxylation is 2. The molecule has 2 heterocycles. The third kappa shape index (κ3) is 2.19. The molecule has 0 aromatic carbocycles. The van der Waals surface area contributed by atoms with Gasteiger partial charge in [0.25, 0.3) is 0 Å². The molecule has 0 aliphatic carbocycles. The summed E-state index contributed by atoms with van der Waals surface area (Å²) >= 11 is 5.90. The van der Waals surface area contributed by atoms with Crippen LogP contribution in [0.3, 0.4) is 0 Å². The zero-order valence-corrected chi connectivity index (χ0v) is 9.94. The Labute approximate surface area is 98.5 Å². The number of hydrogen-bond donors (Lipinski definition) is 0. The lowest BCUT2D eigenvalue weighted by Gasteiger charge is -2.04. The molecule has 2 aromatic heterocycles. The van der Waals surface area contributed by atoms with E-state index in [1.165, 1.54) is 0 Å². The monoisotopic (exact) mass is 237 g/mol. The SMILES string of the molecule is CCCn1nncc1-c1cc(Cl)nc(C)n1. The maximum absolute atomic E-state index is 5.90. The van der Waals surface area contributed by atoms with Gasteiger partial charge in [-0.2, -0.15) is 0 Å². The molecule has 0 atom stereocenters. The van der Waals surface area contributed by atoms with Gasteiger partial charge in [-0.25, -0.2) is 14.6 Å². The van der Waals surface area contributed by atoms with Gasteiger partial charge >= 0.3 is 0 Å². The summed E-state index contributed by atoms with van der Waals surface area (Å²) in [4.78, 5) is 8.35. The van der Waals surface area contributed by atoms with Crippen LogP contribution in [-0.2, 0) is 6.54 Å². The van der Waals surface area contributed by atoms with Crippen LogP contribution in [0, 0.1) is 6.92 Å². The molecule has 0 saturated heterocycles. The fourth-order valence-corrected chi connectivity index (χ4v) is 1.72. The minimum Gasteiger partial charge on any atom is -0.243 e. The molecule has 0 aliphatic rings. The van der Waals surface area contributed by atoms with Gasteiger partial charge in [-0.1, -0.05) is 23.7 Å². The fraction of sp³-hybridized carbons (Fsp3) is 0.400. The lowest BCUT2D eigenvalue weighted by atomic mass is 10.3. The highest BCUT2D eigenvalue weighted by Gasteiger charge is 2.09. The third-order valence-electron chi connectivity index (χ3n) is 2.12. The van der Waals surface area contributed by atoms with Crippen molar-refractivity contribution in [1.29, 1.82) is 0 Å². The molecule has 2 rings (SSSR count). The van der Waals surface area contributed by atoms with Crippen LogP contribution in [0.1, 0.15) is 19.2 Å². The zero-order valence-electron chi connectivity index (χ0n) is 9.18. The van der Waals surface area contributed by atoms with Crippen LogP contribution in [0.5, 0.6) is 0 Å². The Bertz CT molecular complexity index is 473. The topological polar surface area (TPSA) is 56.5 Å². The van der Waals surface area contributed by atoms with Gasteiger partial charge in [0.15, 0.2) is 0 Å². The zero-order chi connectivity index (χ0) is 11.5. The Balaban J connectivity index is 2.45. The van der Waals surface area contributed by atoms with Crippen molar-refractivity contribution in [2.75, 3.05) is 0 Å². The van der Waals surface area contributed by atoms with Gasteiger partial charge in [-0.05, 0) is 13.3 Å². The molecule has 2 aromatic rings. The molecule has 0 bridgehead atoms. The molecular formula is C10H12ClN5. The highest BCUT2D eigenvalue weighted by Crippen LogP contribution is 2.18. The Morgan fingerprint density at radius 3 is 2.88 bits per heavy atom. The minimum atomic E-state index is 0.437. The molecule has 16 heavy (non-hydrogen) atoms. The smallest absolute Gasteiger partial charge is 0.133 e. The van der Waals surface area contributed by atoms with E-state index in [4.69, 9.17) is 11.6 Å². The molecular weight excluding hydrogens is 226 g/mol. The van der Waals surface area contributed by atoms with Crippen molar-refractivity contribution in [1.82, 2.24) is 25.0 Å². The summed E-state index contributed by atoms with van der Waals surface area (Å²) in [5.41, 5.74) is 1.63. The van der Waals surface area contributed by atoms with Gasteiger partial charge < -0.3 is 0 Å². The standard InChI is InChI=1S/C10H12ClN5/c1-3-4-16-9(6-12-15-16)8-5-10(11)14-7(2)13-8/h5-6H,3-4H2,1-2H3. The third-order valence-corrected chi connectivity index (χ3v) is 2.32. The van der Waals surface area contributed by atoms with E-state index in [0.29, 0.717) is 11.0 Å². The Hall–Kier alpha value is -1.49. The summed E-state index contributed by atoms with van der Waals surface area (Å²) in [5, 5.41) is 8.33. The van der Waals surface area contributed by atoms with Crippen molar-refractivity contribution in [3.63, 3.8) is 0 Å². The van der Waals surface area contributed by atoms with Gasteiger partial charge in [0.05, 0.1) is 11.9 Å². The van der Waals surface area contributed by atoms with Crippen LogP contribution in [-0.4, -0.2) is 25.0 Å². The first-order chi connectivity index (χ1) is 7.70. The van der Waals surface area contributed by atoms with E-state index in [0.717, 1.165) is 24.4 Å². The second-order valence-electron chi connectivity index (χ2n) is 3.47. The summed E-state index contributed by atoms with van der Waals surface area (Å²) in [6, 6.07) is 1.72. The van der Waals surface area contributed by atoms with Crippen molar-refractivity contribution in [2.24, 2.45) is 0 Å². The number of halogens is 1. The molecule has 84 valence electrons. The largest absolute Gasteiger partial charge is 0.243 e. The highest BCUT2D eigenvalue weighted by atomic mass is 35.5. The molecule has 0 N–H and O–H groups in total. The predicted molar refractivity (Wildman–Crippen MR) is 61.1 cm³/mol. The van der Waals surface area contributed by atoms with E-state index < -0.39 is 0 Å². The Morgan fingerprint density at radius 1 is 1.38 bits per heavy atom. The molecule has 6 heteroatoms. The van der Waals surface area contributed by atoms with Gasteiger partial charge in [-0.15, -0.1) is 5.10 Å². The van der Waals surface area contributed by atoms with E-state index in [-0.39, 0.29) is 0 Å². The molecule has 5 nitrogen and oxygen atoms in total. The first kappa shape index (κ1) is 11.0. The van der Waals surface area contributed by atoms with Crippen LogP contribution in [0.2, 0.25) is 5.15 Å². The van der Waals surface area contributed by atoms with Gasteiger partial charge in [-0.3, -0.25) is 0 Å². The molecule has 0 amide bonds. The predicted octanol–water partition coefficient (Wildman–Crippen LogP) is 2.11. The molecule has 0 spiro atoms. The summed E-state index contributed by atoms with van der Waals surface area (Å²) in [6.07, 6.45) is 2.68. The second-order valence-corrected chi connectivity index (χ2v) is 3.85. The van der Waals surface area contributed by atoms with Crippen molar-refractivity contribution in [3.05, 3.63) is 23.2 Å². The van der Waals surface area contributed by atoms with Crippen LogP contribution in [0.15, 0.2) is 12.3 Å². The molecule has 0 radical (unpaired) electrons. The maximum atomic E-state index is 5.90. The average molecular weight is 238 g/mol. The molecule has 0 aliphatic heterocycles. The van der Waals surface area contributed by atoms with Gasteiger partial charge in [0, 0.05) is 12.6 Å². The Kier molecular flexibility index (Phi) is 3.14. The summed E-state index contributed by atoms with van der Waals surface area (Å²) in [7, 11) is 0. The lowest BCUT2D eigenvalue weighted by Crippen LogP contribution is -2.03. The lowest BCUT2D eigenvalue weighted by molar-refractivity contribution is 0.583. The van der Waals surface area contributed by atoms with E-state index in [9.17, 15) is 0 Å². The second kappa shape index (κ2) is 4.57. The average Bonchev–Trinajstić information content (AvgIpc) is 2.65. The normalized spacial score (nSPS) is 10.7. The van der Waals surface area contributed by atoms with Crippen LogP contribution in [0.25, 0.3) is 11.4 Å². The maximum Gasteiger partial charge on any atom is 0.133 e. The summed E-state index contributed by atoms with van der Waals surface area (Å²) < 4.78 is 1.82. The summed E-state index contributed by atoms with van der Waals surface area (Å²) in [5.74, 6) is 0.645. The number of aromatic nitrogens is 5.